The zero-order valence-electron chi connectivity index (χ0n) is 17.6. The van der Waals surface area contributed by atoms with Crippen LogP contribution in [0.3, 0.4) is 0 Å². The quantitative estimate of drug-likeness (QED) is 0.640. The fourth-order valence-electron chi connectivity index (χ4n) is 4.32. The molecule has 174 valence electrons. The van der Waals surface area contributed by atoms with Crippen LogP contribution in [0.15, 0.2) is 36.4 Å². The van der Waals surface area contributed by atoms with E-state index < -0.39 is 44.6 Å². The third-order valence-corrected chi connectivity index (χ3v) is 7.40. The first kappa shape index (κ1) is 24.5. The molecular formula is C22H24ClF3N2O3S. The summed E-state index contributed by atoms with van der Waals surface area (Å²) in [6.07, 6.45) is -3.34. The fraction of sp³-hybridized carbons (Fsp3) is 0.409. The molecule has 0 heterocycles. The van der Waals surface area contributed by atoms with Crippen LogP contribution < -0.4 is 10.0 Å². The van der Waals surface area contributed by atoms with E-state index in [4.69, 9.17) is 16.7 Å². The Kier molecular flexibility index (Phi) is 6.93. The Hall–Kier alpha value is -2.10. The number of primary sulfonamides is 1. The highest BCUT2D eigenvalue weighted by Crippen LogP contribution is 2.41. The summed E-state index contributed by atoms with van der Waals surface area (Å²) in [7, 11) is -4.12. The number of carbonyl (C=O) groups excluding carboxylic acids is 1. The summed E-state index contributed by atoms with van der Waals surface area (Å²) in [4.78, 5) is 14.7. The number of alkyl halides is 3. The van der Waals surface area contributed by atoms with Crippen molar-refractivity contribution in [3.05, 3.63) is 63.7 Å². The van der Waals surface area contributed by atoms with E-state index in [1.807, 2.05) is 6.92 Å². The maximum absolute atomic E-state index is 13.9. The summed E-state index contributed by atoms with van der Waals surface area (Å²) in [5.41, 5.74) is 0.102. The summed E-state index contributed by atoms with van der Waals surface area (Å²) in [5, 5.41) is 4.12. The number of nitrogens with two attached hydrogens (primary N) is 1. The lowest BCUT2D eigenvalue weighted by Crippen LogP contribution is -2.53. The van der Waals surface area contributed by atoms with Crippen molar-refractivity contribution in [2.24, 2.45) is 5.14 Å². The summed E-state index contributed by atoms with van der Waals surface area (Å²) < 4.78 is 66.5. The molecular weight excluding hydrogens is 465 g/mol. The number of halogens is 4. The van der Waals surface area contributed by atoms with Crippen molar-refractivity contribution < 1.29 is 26.4 Å². The van der Waals surface area contributed by atoms with Crippen LogP contribution in [0.25, 0.3) is 0 Å². The van der Waals surface area contributed by atoms with Crippen molar-refractivity contribution >= 4 is 33.2 Å². The second kappa shape index (κ2) is 9.03. The van der Waals surface area contributed by atoms with E-state index in [1.165, 1.54) is 12.1 Å². The van der Waals surface area contributed by atoms with Crippen LogP contribution in [-0.2, 0) is 16.2 Å². The number of carbonyl (C=O) groups is 1. The van der Waals surface area contributed by atoms with Gasteiger partial charge in [-0.15, -0.1) is 0 Å². The number of aryl methyl sites for hydroxylation is 2. The minimum atomic E-state index is -4.81. The molecule has 10 heteroatoms. The third-order valence-electron chi connectivity index (χ3n) is 5.78. The first-order valence-electron chi connectivity index (χ1n) is 10.1. The third kappa shape index (κ3) is 5.10. The van der Waals surface area contributed by atoms with Gasteiger partial charge in [-0.1, -0.05) is 42.1 Å². The Morgan fingerprint density at radius 3 is 2.34 bits per heavy atom. The number of nitrogens with zero attached hydrogens (tertiary/aromatic N) is 1. The molecule has 5 nitrogen and oxygen atoms in total. The number of benzene rings is 2. The van der Waals surface area contributed by atoms with Gasteiger partial charge >= 0.3 is 6.18 Å². The number of hydrogen-bond donors (Lipinski definition) is 1. The average Bonchev–Trinajstić information content (AvgIpc) is 2.68. The topological polar surface area (TPSA) is 80.5 Å². The smallest absolute Gasteiger partial charge is 0.303 e. The molecule has 32 heavy (non-hydrogen) atoms. The van der Waals surface area contributed by atoms with Crippen LogP contribution in [-0.4, -0.2) is 25.6 Å². The number of anilines is 1. The van der Waals surface area contributed by atoms with Gasteiger partial charge < -0.3 is 4.90 Å². The number of rotatable bonds is 4. The number of amides is 1. The van der Waals surface area contributed by atoms with E-state index >= 15 is 0 Å². The summed E-state index contributed by atoms with van der Waals surface area (Å²) >= 11 is 5.83. The van der Waals surface area contributed by atoms with Crippen molar-refractivity contribution in [2.45, 2.75) is 57.0 Å². The molecule has 2 atom stereocenters. The number of sulfonamides is 1. The van der Waals surface area contributed by atoms with Crippen molar-refractivity contribution in [3.8, 4) is 0 Å². The van der Waals surface area contributed by atoms with E-state index in [0.717, 1.165) is 22.6 Å². The average molecular weight is 489 g/mol. The summed E-state index contributed by atoms with van der Waals surface area (Å²) in [6.45, 7) is 3.51. The van der Waals surface area contributed by atoms with Crippen molar-refractivity contribution in [3.63, 3.8) is 0 Å². The maximum atomic E-state index is 13.9. The molecule has 1 saturated carbocycles. The van der Waals surface area contributed by atoms with Crippen LogP contribution >= 0.6 is 11.6 Å². The Labute approximate surface area is 190 Å². The molecule has 0 radical (unpaired) electrons. The highest BCUT2D eigenvalue weighted by Gasteiger charge is 2.44. The molecule has 0 saturated heterocycles. The van der Waals surface area contributed by atoms with Crippen LogP contribution in [0.1, 0.15) is 52.7 Å². The van der Waals surface area contributed by atoms with E-state index in [-0.39, 0.29) is 23.4 Å². The first-order chi connectivity index (χ1) is 14.8. The second-order valence-electron chi connectivity index (χ2n) is 8.13. The Balaban J connectivity index is 2.26. The van der Waals surface area contributed by atoms with E-state index in [1.54, 1.807) is 19.1 Å². The van der Waals surface area contributed by atoms with Gasteiger partial charge in [-0.05, 0) is 56.5 Å². The molecule has 2 N–H and O–H groups in total. The van der Waals surface area contributed by atoms with Crippen molar-refractivity contribution in [1.29, 1.82) is 0 Å². The Bertz CT molecular complexity index is 1140. The molecule has 1 aliphatic carbocycles. The van der Waals surface area contributed by atoms with E-state index in [2.05, 4.69) is 0 Å². The van der Waals surface area contributed by atoms with Gasteiger partial charge in [0.25, 0.3) is 5.91 Å². The number of hydrogen-bond acceptors (Lipinski definition) is 3. The Morgan fingerprint density at radius 2 is 1.75 bits per heavy atom. The van der Waals surface area contributed by atoms with Gasteiger partial charge in [0.2, 0.25) is 10.0 Å². The normalized spacial score (nSPS) is 19.6. The van der Waals surface area contributed by atoms with Gasteiger partial charge in [0, 0.05) is 10.6 Å². The van der Waals surface area contributed by atoms with Crippen molar-refractivity contribution in [1.82, 2.24) is 0 Å². The van der Waals surface area contributed by atoms with E-state index in [0.29, 0.717) is 18.4 Å². The summed E-state index contributed by atoms with van der Waals surface area (Å²) in [5.74, 6) is -0.712. The lowest BCUT2D eigenvalue weighted by Gasteiger charge is -2.40. The monoisotopic (exact) mass is 488 g/mol. The maximum Gasteiger partial charge on any atom is 0.418 e. The van der Waals surface area contributed by atoms with Crippen LogP contribution in [0, 0.1) is 13.8 Å². The molecule has 1 amide bonds. The molecule has 0 aromatic heterocycles. The molecule has 3 rings (SSSR count). The van der Waals surface area contributed by atoms with Gasteiger partial charge in [0.05, 0.1) is 22.5 Å². The highest BCUT2D eigenvalue weighted by atomic mass is 35.5. The van der Waals surface area contributed by atoms with Gasteiger partial charge in [-0.3, -0.25) is 4.79 Å². The van der Waals surface area contributed by atoms with Gasteiger partial charge in [-0.25, -0.2) is 13.6 Å². The lowest BCUT2D eigenvalue weighted by atomic mass is 9.91. The van der Waals surface area contributed by atoms with Crippen LogP contribution in [0.5, 0.6) is 0 Å². The second-order valence-corrected chi connectivity index (χ2v) is 10.4. The summed E-state index contributed by atoms with van der Waals surface area (Å²) in [6, 6.07) is 7.03. The zero-order valence-corrected chi connectivity index (χ0v) is 19.2. The molecule has 1 aliphatic rings. The lowest BCUT2D eigenvalue weighted by molar-refractivity contribution is -0.137. The molecule has 2 unspecified atom stereocenters. The molecule has 2 aromatic carbocycles. The first-order valence-corrected chi connectivity index (χ1v) is 12.1. The van der Waals surface area contributed by atoms with Crippen LogP contribution in [0.4, 0.5) is 18.9 Å². The molecule has 1 fully saturated rings. The van der Waals surface area contributed by atoms with E-state index in [9.17, 15) is 26.4 Å². The van der Waals surface area contributed by atoms with Gasteiger partial charge in [0.15, 0.2) is 0 Å². The minimum Gasteiger partial charge on any atom is -0.303 e. The predicted molar refractivity (Wildman–Crippen MR) is 118 cm³/mol. The Morgan fingerprint density at radius 1 is 1.09 bits per heavy atom. The molecule has 0 spiro atoms. The predicted octanol–water partition coefficient (Wildman–Crippen LogP) is 5.22. The highest BCUT2D eigenvalue weighted by molar-refractivity contribution is 7.89. The minimum absolute atomic E-state index is 0.147. The van der Waals surface area contributed by atoms with Crippen molar-refractivity contribution in [2.75, 3.05) is 4.90 Å². The standard InChI is InChI=1S/C22H24ClF3N2O3S/c1-13-7-9-16(14(2)11-13)21(29)28(19-5-3-4-6-20(19)32(27,30)31)18-10-8-15(23)12-17(18)22(24,25)26/h7-12,19-20H,3-6H2,1-2H3,(H2,27,30,31). The largest absolute Gasteiger partial charge is 0.418 e. The molecule has 0 bridgehead atoms. The SMILES string of the molecule is Cc1ccc(C(=O)N(c2ccc(Cl)cc2C(F)(F)F)C2CCCCC2S(N)(=O)=O)c(C)c1. The van der Waals surface area contributed by atoms with Gasteiger partial charge in [0.1, 0.15) is 0 Å². The van der Waals surface area contributed by atoms with Gasteiger partial charge in [-0.2, -0.15) is 13.2 Å². The fourth-order valence-corrected chi connectivity index (χ4v) is 5.69. The molecule has 2 aromatic rings. The zero-order chi connectivity index (χ0) is 23.8. The van der Waals surface area contributed by atoms with Crippen LogP contribution in [0.2, 0.25) is 5.02 Å². The molecule has 0 aliphatic heterocycles.